The molecule has 3 rings (SSSR count). The zero-order valence-electron chi connectivity index (χ0n) is 13.4. The molecular weight excluding hydrogens is 274 g/mol. The fraction of sp³-hybridized carbons (Fsp3) is 0.500. The van der Waals surface area contributed by atoms with Crippen LogP contribution < -0.4 is 5.73 Å². The molecule has 0 amide bonds. The summed E-state index contributed by atoms with van der Waals surface area (Å²) in [6, 6.07) is 0. The lowest BCUT2D eigenvalue weighted by Crippen LogP contribution is -2.19. The number of rotatable bonds is 4. The third kappa shape index (κ3) is 2.36. The summed E-state index contributed by atoms with van der Waals surface area (Å²) in [7, 11) is 0. The van der Waals surface area contributed by atoms with Gasteiger partial charge in [-0.1, -0.05) is 18.6 Å². The number of hydrogen-bond donors (Lipinski definition) is 2. The first-order chi connectivity index (χ1) is 10.4. The normalized spacial score (nSPS) is 21.8. The first kappa shape index (κ1) is 14.9. The van der Waals surface area contributed by atoms with Crippen LogP contribution in [0, 0.1) is 11.3 Å². The van der Waals surface area contributed by atoms with Gasteiger partial charge in [-0.15, -0.1) is 0 Å². The number of hydrogen-bond acceptors (Lipinski definition) is 4. The van der Waals surface area contributed by atoms with Crippen molar-refractivity contribution in [3.8, 4) is 0 Å². The zero-order valence-corrected chi connectivity index (χ0v) is 13.4. The van der Waals surface area contributed by atoms with Crippen LogP contribution >= 0.6 is 0 Å². The van der Waals surface area contributed by atoms with E-state index in [1.807, 2.05) is 6.92 Å². The van der Waals surface area contributed by atoms with Crippen LogP contribution in [0.4, 0.5) is 5.82 Å². The molecule has 3 N–H and O–H groups in total. The number of nitrogens with one attached hydrogen (secondary N) is 1. The van der Waals surface area contributed by atoms with Crippen LogP contribution in [0.5, 0.6) is 0 Å². The molecule has 1 fully saturated rings. The van der Waals surface area contributed by atoms with Gasteiger partial charge in [-0.3, -0.25) is 4.79 Å². The Bertz CT molecular complexity index is 686. The van der Waals surface area contributed by atoms with E-state index in [-0.39, 0.29) is 5.92 Å². The van der Waals surface area contributed by atoms with E-state index in [0.29, 0.717) is 34.5 Å². The van der Waals surface area contributed by atoms with Gasteiger partial charge in [0.2, 0.25) is 0 Å². The molecule has 4 heteroatoms. The van der Waals surface area contributed by atoms with Crippen molar-refractivity contribution in [2.45, 2.75) is 51.9 Å². The molecule has 0 bridgehead atoms. The fourth-order valence-electron chi connectivity index (χ4n) is 3.54. The Hall–Kier alpha value is -1.97. The van der Waals surface area contributed by atoms with Crippen molar-refractivity contribution in [1.29, 1.82) is 5.41 Å². The van der Waals surface area contributed by atoms with E-state index >= 15 is 0 Å². The van der Waals surface area contributed by atoms with Crippen molar-refractivity contribution in [3.05, 3.63) is 28.0 Å². The van der Waals surface area contributed by atoms with Gasteiger partial charge < -0.3 is 11.1 Å². The number of anilines is 1. The first-order valence-electron chi connectivity index (χ1n) is 7.94. The highest BCUT2D eigenvalue weighted by Crippen LogP contribution is 2.49. The van der Waals surface area contributed by atoms with E-state index in [1.165, 1.54) is 18.4 Å². The van der Waals surface area contributed by atoms with Crippen molar-refractivity contribution in [3.63, 3.8) is 0 Å². The Balaban J connectivity index is 2.23. The summed E-state index contributed by atoms with van der Waals surface area (Å²) in [5.74, 6) is 1.31. The van der Waals surface area contributed by atoms with Crippen molar-refractivity contribution in [1.82, 2.24) is 4.98 Å². The van der Waals surface area contributed by atoms with Crippen LogP contribution in [0.1, 0.15) is 79.0 Å². The van der Waals surface area contributed by atoms with E-state index in [1.54, 1.807) is 6.92 Å². The van der Waals surface area contributed by atoms with Crippen LogP contribution in [0.2, 0.25) is 0 Å². The van der Waals surface area contributed by atoms with Crippen molar-refractivity contribution >= 4 is 23.9 Å². The lowest BCUT2D eigenvalue weighted by Gasteiger charge is -2.27. The minimum absolute atomic E-state index is 0.187. The molecule has 1 saturated carbocycles. The van der Waals surface area contributed by atoms with E-state index in [2.05, 4.69) is 18.0 Å². The molecule has 2 aliphatic carbocycles. The Morgan fingerprint density at radius 1 is 1.50 bits per heavy atom. The molecule has 1 heterocycles. The average Bonchev–Trinajstić information content (AvgIpc) is 3.29. The highest BCUT2D eigenvalue weighted by atomic mass is 16.1. The van der Waals surface area contributed by atoms with Gasteiger partial charge in [0, 0.05) is 34.2 Å². The SMILES string of the molecule is CC(=N)C(C)c1c(N)nc2c(c1C=O)C=C(C)CC2C1CC1. The third-order valence-electron chi connectivity index (χ3n) is 5.05. The maximum Gasteiger partial charge on any atom is 0.151 e. The molecule has 0 spiro atoms. The number of nitrogens with two attached hydrogens (primary N) is 1. The summed E-state index contributed by atoms with van der Waals surface area (Å²) in [4.78, 5) is 16.5. The number of aldehydes is 1. The molecule has 1 aromatic heterocycles. The van der Waals surface area contributed by atoms with Gasteiger partial charge in [0.05, 0.1) is 5.69 Å². The number of pyridine rings is 1. The molecule has 22 heavy (non-hydrogen) atoms. The Morgan fingerprint density at radius 3 is 2.73 bits per heavy atom. The van der Waals surface area contributed by atoms with E-state index in [4.69, 9.17) is 11.1 Å². The highest BCUT2D eigenvalue weighted by molar-refractivity contribution is 5.94. The Morgan fingerprint density at radius 2 is 2.18 bits per heavy atom. The quantitative estimate of drug-likeness (QED) is 0.653. The largest absolute Gasteiger partial charge is 0.383 e. The molecule has 2 unspecified atom stereocenters. The van der Waals surface area contributed by atoms with E-state index in [0.717, 1.165) is 24.0 Å². The van der Waals surface area contributed by atoms with E-state index < -0.39 is 0 Å². The Kier molecular flexibility index (Phi) is 3.63. The second-order valence-electron chi connectivity index (χ2n) is 6.78. The Labute approximate surface area is 131 Å². The number of allylic oxidation sites excluding steroid dienone is 1. The molecule has 2 atom stereocenters. The molecule has 2 aliphatic rings. The van der Waals surface area contributed by atoms with Gasteiger partial charge in [-0.25, -0.2) is 4.98 Å². The number of fused-ring (bicyclic) bond motifs is 1. The number of carbonyl (C=O) groups is 1. The predicted octanol–water partition coefficient (Wildman–Crippen LogP) is 3.92. The van der Waals surface area contributed by atoms with Crippen molar-refractivity contribution in [2.24, 2.45) is 5.92 Å². The number of carbonyl (C=O) groups excluding carboxylic acids is 1. The number of nitrogen functional groups attached to an aromatic ring is 1. The molecule has 0 radical (unpaired) electrons. The fourth-order valence-corrected chi connectivity index (χ4v) is 3.54. The van der Waals surface area contributed by atoms with Crippen molar-refractivity contribution in [2.75, 3.05) is 5.73 Å². The van der Waals surface area contributed by atoms with Gasteiger partial charge >= 0.3 is 0 Å². The monoisotopic (exact) mass is 297 g/mol. The summed E-state index contributed by atoms with van der Waals surface area (Å²) in [5.41, 5.74) is 11.2. The highest BCUT2D eigenvalue weighted by Gasteiger charge is 2.37. The summed E-state index contributed by atoms with van der Waals surface area (Å²) >= 11 is 0. The standard InChI is InChI=1S/C18H23N3O/c1-9-6-13(12-4-5-12)17-14(7-9)15(8-22)16(18(20)21-17)10(2)11(3)19/h7-8,10,12-13,19H,4-6H2,1-3H3,(H2,20,21). The number of nitrogens with zero attached hydrogens (tertiary/aromatic N) is 1. The second kappa shape index (κ2) is 5.34. The maximum absolute atomic E-state index is 11.8. The molecule has 1 aromatic rings. The van der Waals surface area contributed by atoms with E-state index in [9.17, 15) is 4.79 Å². The molecule has 0 aliphatic heterocycles. The maximum atomic E-state index is 11.8. The molecule has 0 aromatic carbocycles. The predicted molar refractivity (Wildman–Crippen MR) is 89.6 cm³/mol. The topological polar surface area (TPSA) is 79.8 Å². The van der Waals surface area contributed by atoms with Crippen LogP contribution in [0.3, 0.4) is 0 Å². The summed E-state index contributed by atoms with van der Waals surface area (Å²) < 4.78 is 0. The molecular formula is C18H23N3O. The molecule has 116 valence electrons. The molecule has 4 nitrogen and oxygen atoms in total. The summed E-state index contributed by atoms with van der Waals surface area (Å²) in [6.07, 6.45) is 6.48. The van der Waals surface area contributed by atoms with Gasteiger partial charge in [-0.2, -0.15) is 0 Å². The van der Waals surface area contributed by atoms with Gasteiger partial charge in [0.25, 0.3) is 0 Å². The van der Waals surface area contributed by atoms with Gasteiger partial charge in [0.15, 0.2) is 6.29 Å². The summed E-state index contributed by atoms with van der Waals surface area (Å²) in [5, 5.41) is 7.89. The lowest BCUT2D eigenvalue weighted by atomic mass is 9.80. The number of aromatic nitrogens is 1. The first-order valence-corrected chi connectivity index (χ1v) is 7.94. The average molecular weight is 297 g/mol. The minimum atomic E-state index is -0.187. The minimum Gasteiger partial charge on any atom is -0.383 e. The zero-order chi connectivity index (χ0) is 16.0. The van der Waals surface area contributed by atoms with Crippen LogP contribution in [0.15, 0.2) is 5.57 Å². The second-order valence-corrected chi connectivity index (χ2v) is 6.78. The van der Waals surface area contributed by atoms with Crippen LogP contribution in [0.25, 0.3) is 6.08 Å². The van der Waals surface area contributed by atoms with Gasteiger partial charge in [0.1, 0.15) is 5.82 Å². The van der Waals surface area contributed by atoms with Crippen molar-refractivity contribution < 1.29 is 4.79 Å². The molecule has 0 saturated heterocycles. The summed E-state index contributed by atoms with van der Waals surface area (Å²) in [6.45, 7) is 5.77. The smallest absolute Gasteiger partial charge is 0.151 e. The van der Waals surface area contributed by atoms with Gasteiger partial charge in [-0.05, 0) is 39.0 Å². The third-order valence-corrected chi connectivity index (χ3v) is 5.05. The van der Waals surface area contributed by atoms with Crippen LogP contribution in [-0.4, -0.2) is 17.0 Å². The lowest BCUT2D eigenvalue weighted by molar-refractivity contribution is 0.112. The van der Waals surface area contributed by atoms with Crippen LogP contribution in [-0.2, 0) is 0 Å².